The lowest BCUT2D eigenvalue weighted by molar-refractivity contribution is 0.0519. The summed E-state index contributed by atoms with van der Waals surface area (Å²) in [7, 11) is 0. The van der Waals surface area contributed by atoms with Crippen molar-refractivity contribution in [3.05, 3.63) is 82.0 Å². The van der Waals surface area contributed by atoms with E-state index in [1.165, 1.54) is 12.1 Å². The van der Waals surface area contributed by atoms with E-state index in [0.717, 1.165) is 65.5 Å². The second kappa shape index (κ2) is 16.0. The lowest BCUT2D eigenvalue weighted by Crippen LogP contribution is -2.16. The van der Waals surface area contributed by atoms with Gasteiger partial charge in [-0.05, 0) is 99.1 Å². The number of aliphatic hydroxyl groups is 1. The maximum atomic E-state index is 13.8. The predicted molar refractivity (Wildman–Crippen MR) is 188 cm³/mol. The third-order valence-electron chi connectivity index (χ3n) is 9.12. The molecule has 0 bridgehead atoms. The van der Waals surface area contributed by atoms with Gasteiger partial charge in [0.05, 0.1) is 35.6 Å². The molecule has 1 aliphatic rings. The van der Waals surface area contributed by atoms with Crippen molar-refractivity contribution in [1.29, 1.82) is 0 Å². The molecule has 1 aliphatic heterocycles. The highest BCUT2D eigenvalue weighted by Crippen LogP contribution is 2.42. The van der Waals surface area contributed by atoms with Crippen LogP contribution in [0, 0.1) is 11.7 Å². The van der Waals surface area contributed by atoms with Crippen molar-refractivity contribution >= 4 is 39.2 Å². The first-order valence-electron chi connectivity index (χ1n) is 16.5. The molecule has 0 spiro atoms. The number of hydrogen-bond acceptors (Lipinski definition) is 6. The third-order valence-corrected chi connectivity index (χ3v) is 9.43. The summed E-state index contributed by atoms with van der Waals surface area (Å²) in [6.45, 7) is 5.95. The molecule has 0 amide bonds. The zero-order valence-electron chi connectivity index (χ0n) is 26.8. The maximum Gasteiger partial charge on any atom is 0.355 e. The number of hydrogen-bond donors (Lipinski definition) is 3. The number of carbonyl (C=O) groups excluding carboxylic acids is 1. The molecule has 8 nitrogen and oxygen atoms in total. The summed E-state index contributed by atoms with van der Waals surface area (Å²) in [5.74, 6) is 0.454. The lowest BCUT2D eigenvalue weighted by Gasteiger charge is -2.23. The van der Waals surface area contributed by atoms with Crippen LogP contribution in [0.1, 0.15) is 86.9 Å². The topological polar surface area (TPSA) is 109 Å². The summed E-state index contributed by atoms with van der Waals surface area (Å²) in [6, 6.07) is 14.0. The highest BCUT2D eigenvalue weighted by atomic mass is 35.5. The molecule has 0 saturated carbocycles. The largest absolute Gasteiger partial charge is 0.493 e. The molecule has 3 aromatic carbocycles. The van der Waals surface area contributed by atoms with Crippen LogP contribution >= 0.6 is 11.6 Å². The number of carbonyl (C=O) groups is 1. The lowest BCUT2D eigenvalue weighted by atomic mass is 9.90. The fourth-order valence-electron chi connectivity index (χ4n) is 6.69. The molecule has 6 rings (SSSR count). The van der Waals surface area contributed by atoms with Crippen molar-refractivity contribution in [2.45, 2.75) is 72.3 Å². The quantitative estimate of drug-likeness (QED) is 0.0847. The van der Waals surface area contributed by atoms with Crippen LogP contribution in [0.3, 0.4) is 0 Å². The van der Waals surface area contributed by atoms with Gasteiger partial charge in [0.25, 0.3) is 0 Å². The van der Waals surface area contributed by atoms with Crippen LogP contribution in [0.5, 0.6) is 5.75 Å². The molecule has 256 valence electrons. The Bertz CT molecular complexity index is 1860. The van der Waals surface area contributed by atoms with E-state index in [4.69, 9.17) is 25.8 Å². The van der Waals surface area contributed by atoms with Gasteiger partial charge < -0.3 is 24.3 Å². The number of aliphatic hydroxyl groups excluding tert-OH is 1. The fourth-order valence-corrected chi connectivity index (χ4v) is 6.94. The minimum atomic E-state index is -0.780. The number of halogens is 2. The van der Waals surface area contributed by atoms with E-state index in [1.54, 1.807) is 13.0 Å². The van der Waals surface area contributed by atoms with Crippen LogP contribution in [-0.2, 0) is 22.3 Å². The number of ether oxygens (including phenoxy) is 3. The highest BCUT2D eigenvalue weighted by Gasteiger charge is 2.28. The Morgan fingerprint density at radius 3 is 2.69 bits per heavy atom. The van der Waals surface area contributed by atoms with Crippen LogP contribution in [0.4, 0.5) is 4.39 Å². The van der Waals surface area contributed by atoms with Crippen molar-refractivity contribution in [2.75, 3.05) is 26.4 Å². The normalized spacial score (nSPS) is 14.3. The SMILES string of the molecule is C.CCOC(=O)c1[nH]c2c(-c3c(C(O)CCC4CCOCC4)n[nH]c3CC)c(Cl)ccc2c1CCCOc1cccc2cc(F)ccc12. The Labute approximate surface area is 285 Å². The summed E-state index contributed by atoms with van der Waals surface area (Å²) >= 11 is 6.94. The van der Waals surface area contributed by atoms with Gasteiger partial charge in [0.2, 0.25) is 0 Å². The number of aryl methyl sites for hydroxylation is 2. The van der Waals surface area contributed by atoms with Gasteiger partial charge in [0, 0.05) is 40.8 Å². The van der Waals surface area contributed by atoms with Crippen LogP contribution in [0.15, 0.2) is 48.5 Å². The van der Waals surface area contributed by atoms with Crippen LogP contribution in [0.25, 0.3) is 32.8 Å². The van der Waals surface area contributed by atoms with Crippen LogP contribution in [-0.4, -0.2) is 52.7 Å². The summed E-state index contributed by atoms with van der Waals surface area (Å²) < 4.78 is 30.9. The molecule has 1 atom stereocenters. The van der Waals surface area contributed by atoms with Gasteiger partial charge in [0.15, 0.2) is 0 Å². The molecular weight excluding hydrogens is 633 g/mol. The molecule has 10 heteroatoms. The first kappa shape index (κ1) is 35.4. The number of rotatable bonds is 13. The molecular formula is C38H45ClFN3O5. The second-order valence-electron chi connectivity index (χ2n) is 12.1. The minimum Gasteiger partial charge on any atom is -0.493 e. The summed E-state index contributed by atoms with van der Waals surface area (Å²) in [4.78, 5) is 16.6. The smallest absolute Gasteiger partial charge is 0.355 e. The van der Waals surface area contributed by atoms with Crippen molar-refractivity contribution in [3.63, 3.8) is 0 Å². The molecule has 1 fully saturated rings. The Morgan fingerprint density at radius 2 is 1.92 bits per heavy atom. The zero-order chi connectivity index (χ0) is 32.9. The van der Waals surface area contributed by atoms with E-state index in [9.17, 15) is 14.3 Å². The number of aromatic amines is 2. The van der Waals surface area contributed by atoms with Gasteiger partial charge in [-0.2, -0.15) is 5.10 Å². The average molecular weight is 678 g/mol. The molecule has 0 aliphatic carbocycles. The van der Waals surface area contributed by atoms with Crippen molar-refractivity contribution in [1.82, 2.24) is 15.2 Å². The Balaban J connectivity index is 0.00000451. The average Bonchev–Trinajstić information content (AvgIpc) is 3.67. The summed E-state index contributed by atoms with van der Waals surface area (Å²) in [5, 5.41) is 22.1. The first-order chi connectivity index (χ1) is 22.9. The molecule has 3 N–H and O–H groups in total. The Hall–Kier alpha value is -3.92. The van der Waals surface area contributed by atoms with Crippen molar-refractivity contribution < 1.29 is 28.5 Å². The highest BCUT2D eigenvalue weighted by molar-refractivity contribution is 6.35. The van der Waals surface area contributed by atoms with Gasteiger partial charge in [0.1, 0.15) is 17.3 Å². The molecule has 48 heavy (non-hydrogen) atoms. The Kier molecular flexibility index (Phi) is 11.8. The predicted octanol–water partition coefficient (Wildman–Crippen LogP) is 9.13. The standard InChI is InChI=1S/C37H41ClFN3O5.CH4/c1-3-29-33(36(42-41-29)30(43)15-10-22-16-19-45-20-17-22)32-28(38)14-13-27-26(35(40-34(27)32)37(44)46-4-2)8-6-18-47-31-9-5-7-23-21-24(39)11-12-25(23)31;/h5,7,9,11-14,21-22,30,40,43H,3-4,6,8,10,15-20H2,1-2H3,(H,41,42);1H4. The Morgan fingerprint density at radius 1 is 1.12 bits per heavy atom. The van der Waals surface area contributed by atoms with Crippen LogP contribution in [0.2, 0.25) is 5.02 Å². The molecule has 5 aromatic rings. The molecule has 2 aromatic heterocycles. The van der Waals surface area contributed by atoms with Gasteiger partial charge in [-0.3, -0.25) is 5.10 Å². The number of esters is 1. The van der Waals surface area contributed by atoms with Crippen molar-refractivity contribution in [3.8, 4) is 16.9 Å². The van der Waals surface area contributed by atoms with Gasteiger partial charge >= 0.3 is 5.97 Å². The van der Waals surface area contributed by atoms with Gasteiger partial charge in [-0.1, -0.05) is 44.2 Å². The van der Waals surface area contributed by atoms with Crippen LogP contribution < -0.4 is 4.74 Å². The first-order valence-corrected chi connectivity index (χ1v) is 16.9. The van der Waals surface area contributed by atoms with E-state index >= 15 is 0 Å². The zero-order valence-corrected chi connectivity index (χ0v) is 27.6. The third kappa shape index (κ3) is 7.38. The number of nitrogens with one attached hydrogen (secondary N) is 2. The van der Waals surface area contributed by atoms with Crippen molar-refractivity contribution in [2.24, 2.45) is 5.92 Å². The second-order valence-corrected chi connectivity index (χ2v) is 12.5. The maximum absolute atomic E-state index is 13.8. The number of fused-ring (bicyclic) bond motifs is 2. The van der Waals surface area contributed by atoms with E-state index in [-0.39, 0.29) is 19.9 Å². The fraction of sp³-hybridized carbons (Fsp3) is 0.421. The van der Waals surface area contributed by atoms with E-state index in [2.05, 4.69) is 15.2 Å². The monoisotopic (exact) mass is 677 g/mol. The molecule has 0 radical (unpaired) electrons. The van der Waals surface area contributed by atoms with E-state index < -0.39 is 12.1 Å². The number of nitrogens with zero attached hydrogens (tertiary/aromatic N) is 1. The summed E-state index contributed by atoms with van der Waals surface area (Å²) in [5.41, 5.74) is 4.75. The summed E-state index contributed by atoms with van der Waals surface area (Å²) in [6.07, 6.45) is 4.47. The van der Waals surface area contributed by atoms with Gasteiger partial charge in [-0.25, -0.2) is 9.18 Å². The molecule has 1 saturated heterocycles. The number of H-pyrrole nitrogens is 2. The minimum absolute atomic E-state index is 0. The molecule has 3 heterocycles. The molecule has 1 unspecified atom stereocenters. The number of aromatic nitrogens is 3. The van der Waals surface area contributed by atoms with Gasteiger partial charge in [-0.15, -0.1) is 0 Å². The van der Waals surface area contributed by atoms with E-state index in [1.807, 2.05) is 37.3 Å². The van der Waals surface area contributed by atoms with E-state index in [0.29, 0.717) is 71.4 Å². The number of benzene rings is 3.